The summed E-state index contributed by atoms with van der Waals surface area (Å²) in [6.07, 6.45) is 11.6. The average Bonchev–Trinajstić information content (AvgIpc) is 2.29. The van der Waals surface area contributed by atoms with Crippen molar-refractivity contribution in [3.8, 4) is 0 Å². The number of nitrogens with two attached hydrogens (primary N) is 1. The fourth-order valence-electron chi connectivity index (χ4n) is 1.33. The Labute approximate surface area is 104 Å². The van der Waals surface area contributed by atoms with Crippen LogP contribution in [0.2, 0.25) is 0 Å². The smallest absolute Gasteiger partial charge is 0.178 e. The fraction of sp³-hybridized carbons (Fsp3) is 0.571. The monoisotopic (exact) mass is 237 g/mol. The van der Waals surface area contributed by atoms with Crippen molar-refractivity contribution in [3.05, 3.63) is 24.3 Å². The maximum Gasteiger partial charge on any atom is 0.178 e. The van der Waals surface area contributed by atoms with Crippen LogP contribution in [0.25, 0.3) is 0 Å². The highest BCUT2D eigenvalue weighted by Crippen LogP contribution is 2.03. The zero-order chi connectivity index (χ0) is 13.1. The van der Waals surface area contributed by atoms with Crippen molar-refractivity contribution in [1.82, 2.24) is 0 Å². The maximum absolute atomic E-state index is 10.3. The highest BCUT2D eigenvalue weighted by atomic mass is 16.1. The number of hydrogen-bond donors (Lipinski definition) is 1. The van der Waals surface area contributed by atoms with Crippen molar-refractivity contribution in [2.45, 2.75) is 52.0 Å². The van der Waals surface area contributed by atoms with Gasteiger partial charge in [0.2, 0.25) is 0 Å². The van der Waals surface area contributed by atoms with Gasteiger partial charge < -0.3 is 5.73 Å². The van der Waals surface area contributed by atoms with Crippen LogP contribution >= 0.6 is 0 Å². The fourth-order valence-corrected chi connectivity index (χ4v) is 1.33. The van der Waals surface area contributed by atoms with E-state index in [1.807, 2.05) is 0 Å². The van der Waals surface area contributed by atoms with Gasteiger partial charge in [0.05, 0.1) is 0 Å². The van der Waals surface area contributed by atoms with Crippen molar-refractivity contribution in [2.24, 2.45) is 5.73 Å². The first-order valence-corrected chi connectivity index (χ1v) is 6.26. The number of carbonyl (C=O) groups excluding carboxylic acids is 2. The lowest BCUT2D eigenvalue weighted by Crippen LogP contribution is -2.13. The van der Waals surface area contributed by atoms with Gasteiger partial charge in [-0.05, 0) is 37.6 Å². The van der Waals surface area contributed by atoms with Crippen LogP contribution in [0.1, 0.15) is 46.0 Å². The van der Waals surface area contributed by atoms with Gasteiger partial charge in [-0.1, -0.05) is 32.6 Å². The summed E-state index contributed by atoms with van der Waals surface area (Å²) >= 11 is 0. The highest BCUT2D eigenvalue weighted by molar-refractivity contribution is 6.14. The molecule has 0 radical (unpaired) electrons. The maximum atomic E-state index is 10.3. The van der Waals surface area contributed by atoms with E-state index in [2.05, 4.69) is 13.8 Å². The summed E-state index contributed by atoms with van der Waals surface area (Å²) in [5.74, 6) is -0.241. The molecule has 0 aliphatic heterocycles. The Morgan fingerprint density at radius 2 is 1.47 bits per heavy atom. The number of rotatable bonds is 5. The Morgan fingerprint density at radius 3 is 1.82 bits per heavy atom. The number of allylic oxidation sites excluding steroid dienone is 4. The third-order valence-electron chi connectivity index (χ3n) is 2.34. The molecule has 0 spiro atoms. The summed E-state index contributed by atoms with van der Waals surface area (Å²) in [5, 5.41) is 0. The van der Waals surface area contributed by atoms with Crippen molar-refractivity contribution < 1.29 is 9.59 Å². The molecule has 0 bridgehead atoms. The molecule has 0 fully saturated rings. The molecule has 0 aromatic heterocycles. The van der Waals surface area contributed by atoms with Gasteiger partial charge >= 0.3 is 0 Å². The summed E-state index contributed by atoms with van der Waals surface area (Å²) < 4.78 is 0. The molecule has 1 aliphatic carbocycles. The van der Waals surface area contributed by atoms with E-state index in [4.69, 9.17) is 5.73 Å². The Balaban J connectivity index is 0.000000302. The molecular formula is C14H23NO2. The normalized spacial score (nSPS) is 15.5. The Hall–Kier alpha value is -1.22. The quantitative estimate of drug-likeness (QED) is 0.590. The molecule has 3 heteroatoms. The Kier molecular flexibility index (Phi) is 9.25. The van der Waals surface area contributed by atoms with Crippen molar-refractivity contribution in [1.29, 1.82) is 0 Å². The van der Waals surface area contributed by atoms with E-state index in [1.165, 1.54) is 56.4 Å². The molecule has 3 nitrogen and oxygen atoms in total. The predicted molar refractivity (Wildman–Crippen MR) is 70.7 cm³/mol. The van der Waals surface area contributed by atoms with E-state index in [0.717, 1.165) is 0 Å². The van der Waals surface area contributed by atoms with E-state index in [0.29, 0.717) is 6.04 Å². The summed E-state index contributed by atoms with van der Waals surface area (Å²) in [5.41, 5.74) is 5.57. The van der Waals surface area contributed by atoms with Crippen LogP contribution in [0, 0.1) is 0 Å². The van der Waals surface area contributed by atoms with Crippen LogP contribution in [0.5, 0.6) is 0 Å². The van der Waals surface area contributed by atoms with Gasteiger partial charge in [0.15, 0.2) is 11.6 Å². The Bertz CT molecular complexity index is 253. The number of hydrogen-bond acceptors (Lipinski definition) is 3. The molecule has 0 saturated carbocycles. The molecule has 1 rings (SSSR count). The van der Waals surface area contributed by atoms with Gasteiger partial charge in [0.1, 0.15) is 0 Å². The largest absolute Gasteiger partial charge is 0.328 e. The van der Waals surface area contributed by atoms with E-state index < -0.39 is 0 Å². The van der Waals surface area contributed by atoms with Crippen LogP contribution in [-0.2, 0) is 9.59 Å². The van der Waals surface area contributed by atoms with Crippen molar-refractivity contribution >= 4 is 11.6 Å². The van der Waals surface area contributed by atoms with E-state index in [-0.39, 0.29) is 11.6 Å². The molecule has 2 N–H and O–H groups in total. The Morgan fingerprint density at radius 1 is 1.00 bits per heavy atom. The summed E-state index contributed by atoms with van der Waals surface area (Å²) in [6, 6.07) is 0.404. The molecule has 1 unspecified atom stereocenters. The van der Waals surface area contributed by atoms with Gasteiger partial charge in [-0.25, -0.2) is 0 Å². The molecule has 0 saturated heterocycles. The molecule has 0 amide bonds. The molecule has 1 atom stereocenters. The SMILES string of the molecule is CCCCCCC(C)N.O=C1C=CC(=O)C=C1. The van der Waals surface area contributed by atoms with E-state index in [9.17, 15) is 9.59 Å². The zero-order valence-electron chi connectivity index (χ0n) is 10.8. The average molecular weight is 237 g/mol. The summed E-state index contributed by atoms with van der Waals surface area (Å²) in [7, 11) is 0. The summed E-state index contributed by atoms with van der Waals surface area (Å²) in [6.45, 7) is 4.30. The van der Waals surface area contributed by atoms with Crippen LogP contribution in [0.15, 0.2) is 24.3 Å². The molecule has 1 aliphatic rings. The van der Waals surface area contributed by atoms with Crippen LogP contribution < -0.4 is 5.73 Å². The van der Waals surface area contributed by atoms with Crippen LogP contribution in [0.3, 0.4) is 0 Å². The molecule has 0 heterocycles. The van der Waals surface area contributed by atoms with Gasteiger partial charge in [-0.2, -0.15) is 0 Å². The standard InChI is InChI=1S/C8H19N.C6H4O2/c1-3-4-5-6-7-8(2)9;7-5-1-2-6(8)4-3-5/h8H,3-7,9H2,1-2H3;1-4H. The van der Waals surface area contributed by atoms with Crippen LogP contribution in [0.4, 0.5) is 0 Å². The lowest BCUT2D eigenvalue weighted by Gasteiger charge is -2.02. The second-order valence-corrected chi connectivity index (χ2v) is 4.30. The van der Waals surface area contributed by atoms with Crippen molar-refractivity contribution in [3.63, 3.8) is 0 Å². The van der Waals surface area contributed by atoms with Crippen LogP contribution in [-0.4, -0.2) is 17.6 Å². The van der Waals surface area contributed by atoms with E-state index in [1.54, 1.807) is 0 Å². The molecule has 96 valence electrons. The molecular weight excluding hydrogens is 214 g/mol. The lowest BCUT2D eigenvalue weighted by molar-refractivity contribution is -0.113. The first-order chi connectivity index (χ1) is 8.06. The number of ketones is 2. The number of carbonyl (C=O) groups is 2. The van der Waals surface area contributed by atoms with Gasteiger partial charge in [-0.3, -0.25) is 9.59 Å². The van der Waals surface area contributed by atoms with Gasteiger partial charge in [0, 0.05) is 6.04 Å². The zero-order valence-corrected chi connectivity index (χ0v) is 10.8. The second kappa shape index (κ2) is 9.97. The van der Waals surface area contributed by atoms with Gasteiger partial charge in [-0.15, -0.1) is 0 Å². The topological polar surface area (TPSA) is 60.2 Å². The molecule has 0 aromatic rings. The predicted octanol–water partition coefficient (Wildman–Crippen LogP) is 2.55. The minimum Gasteiger partial charge on any atom is -0.328 e. The van der Waals surface area contributed by atoms with Crippen molar-refractivity contribution in [2.75, 3.05) is 0 Å². The first kappa shape index (κ1) is 15.8. The second-order valence-electron chi connectivity index (χ2n) is 4.30. The third kappa shape index (κ3) is 11.1. The molecule has 0 aromatic carbocycles. The highest BCUT2D eigenvalue weighted by Gasteiger charge is 1.97. The third-order valence-corrected chi connectivity index (χ3v) is 2.34. The first-order valence-electron chi connectivity index (χ1n) is 6.26. The minimum atomic E-state index is -0.121. The van der Waals surface area contributed by atoms with E-state index >= 15 is 0 Å². The van der Waals surface area contributed by atoms with Gasteiger partial charge in [0.25, 0.3) is 0 Å². The summed E-state index contributed by atoms with van der Waals surface area (Å²) in [4.78, 5) is 20.6. The minimum absolute atomic E-state index is 0.121. The molecule has 17 heavy (non-hydrogen) atoms. The lowest BCUT2D eigenvalue weighted by atomic mass is 10.1. The number of unbranched alkanes of at least 4 members (excludes halogenated alkanes) is 3.